The summed E-state index contributed by atoms with van der Waals surface area (Å²) in [5.74, 6) is 0.00597. The summed E-state index contributed by atoms with van der Waals surface area (Å²) in [7, 11) is 2.04. The number of carbonyl (C=O) groups is 1. The van der Waals surface area contributed by atoms with Gasteiger partial charge in [0.05, 0.1) is 10.7 Å². The topological polar surface area (TPSA) is 32.3 Å². The van der Waals surface area contributed by atoms with E-state index in [-0.39, 0.29) is 5.91 Å². The van der Waals surface area contributed by atoms with Gasteiger partial charge in [-0.1, -0.05) is 37.1 Å². The fourth-order valence-corrected chi connectivity index (χ4v) is 1.79. The van der Waals surface area contributed by atoms with E-state index in [1.54, 1.807) is 12.1 Å². The lowest BCUT2D eigenvalue weighted by atomic mass is 10.3. The van der Waals surface area contributed by atoms with Gasteiger partial charge < -0.3 is 10.2 Å². The molecule has 0 saturated carbocycles. The fourth-order valence-electron chi connectivity index (χ4n) is 1.61. The van der Waals surface area contributed by atoms with Gasteiger partial charge in [-0.15, -0.1) is 0 Å². The highest BCUT2D eigenvalue weighted by Crippen LogP contribution is 2.20. The highest BCUT2D eigenvalue weighted by Gasteiger charge is 2.06. The van der Waals surface area contributed by atoms with Crippen molar-refractivity contribution in [2.75, 3.05) is 25.5 Å². The molecular formula is C14H21ClN2O. The Hall–Kier alpha value is -1.06. The van der Waals surface area contributed by atoms with E-state index in [9.17, 15) is 4.79 Å². The largest absolute Gasteiger partial charge is 0.325 e. The van der Waals surface area contributed by atoms with E-state index >= 15 is 0 Å². The zero-order valence-electron chi connectivity index (χ0n) is 11.1. The third-order valence-electron chi connectivity index (χ3n) is 2.76. The summed E-state index contributed by atoms with van der Waals surface area (Å²) >= 11 is 5.97. The Kier molecular flexibility index (Phi) is 6.76. The van der Waals surface area contributed by atoms with E-state index in [1.165, 1.54) is 12.8 Å². The highest BCUT2D eigenvalue weighted by atomic mass is 35.5. The number of nitrogens with one attached hydrogen (secondary N) is 1. The van der Waals surface area contributed by atoms with Crippen molar-refractivity contribution in [2.45, 2.75) is 26.2 Å². The number of nitrogens with zero attached hydrogens (tertiary/aromatic N) is 1. The number of benzene rings is 1. The Morgan fingerprint density at radius 3 is 2.72 bits per heavy atom. The Labute approximate surface area is 114 Å². The Balaban J connectivity index is 2.32. The first-order chi connectivity index (χ1) is 8.63. The standard InChI is InChI=1S/C14H21ClN2O/c1-3-4-10-17(2)11-9-14(18)16-13-8-6-5-7-12(13)15/h5-8H,3-4,9-11H2,1-2H3,(H,16,18). The van der Waals surface area contributed by atoms with Gasteiger partial charge in [0, 0.05) is 13.0 Å². The number of unbranched alkanes of at least 4 members (excludes halogenated alkanes) is 1. The summed E-state index contributed by atoms with van der Waals surface area (Å²) < 4.78 is 0. The van der Waals surface area contributed by atoms with Crippen LogP contribution in [0, 0.1) is 0 Å². The summed E-state index contributed by atoms with van der Waals surface area (Å²) in [5, 5.41) is 3.40. The van der Waals surface area contributed by atoms with Crippen LogP contribution in [-0.4, -0.2) is 30.9 Å². The van der Waals surface area contributed by atoms with Gasteiger partial charge in [0.25, 0.3) is 0 Å². The SMILES string of the molecule is CCCCN(C)CCC(=O)Nc1ccccc1Cl. The van der Waals surface area contributed by atoms with Crippen molar-refractivity contribution in [3.05, 3.63) is 29.3 Å². The van der Waals surface area contributed by atoms with Crippen LogP contribution < -0.4 is 5.32 Å². The monoisotopic (exact) mass is 268 g/mol. The van der Waals surface area contributed by atoms with Crippen LogP contribution in [-0.2, 0) is 4.79 Å². The van der Waals surface area contributed by atoms with Gasteiger partial charge in [0.15, 0.2) is 0 Å². The van der Waals surface area contributed by atoms with E-state index in [2.05, 4.69) is 17.1 Å². The van der Waals surface area contributed by atoms with Crippen molar-refractivity contribution in [1.82, 2.24) is 4.90 Å². The smallest absolute Gasteiger partial charge is 0.225 e. The Bertz CT molecular complexity index is 382. The summed E-state index contributed by atoms with van der Waals surface area (Å²) in [4.78, 5) is 13.9. The third-order valence-corrected chi connectivity index (χ3v) is 3.09. The van der Waals surface area contributed by atoms with Crippen LogP contribution in [0.4, 0.5) is 5.69 Å². The molecule has 0 atom stereocenters. The van der Waals surface area contributed by atoms with Crippen LogP contribution in [0.15, 0.2) is 24.3 Å². The minimum absolute atomic E-state index is 0.00597. The van der Waals surface area contributed by atoms with Gasteiger partial charge in [-0.05, 0) is 32.1 Å². The van der Waals surface area contributed by atoms with Gasteiger partial charge in [-0.2, -0.15) is 0 Å². The number of amides is 1. The first-order valence-electron chi connectivity index (χ1n) is 6.36. The van der Waals surface area contributed by atoms with E-state index in [4.69, 9.17) is 11.6 Å². The van der Waals surface area contributed by atoms with Crippen LogP contribution in [0.2, 0.25) is 5.02 Å². The molecule has 0 fully saturated rings. The minimum atomic E-state index is 0.00597. The van der Waals surface area contributed by atoms with Crippen molar-refractivity contribution < 1.29 is 4.79 Å². The maximum Gasteiger partial charge on any atom is 0.225 e. The number of halogens is 1. The molecule has 1 rings (SSSR count). The van der Waals surface area contributed by atoms with E-state index in [1.807, 2.05) is 19.2 Å². The van der Waals surface area contributed by atoms with Crippen molar-refractivity contribution >= 4 is 23.2 Å². The maximum atomic E-state index is 11.7. The first-order valence-corrected chi connectivity index (χ1v) is 6.74. The van der Waals surface area contributed by atoms with E-state index in [0.717, 1.165) is 13.1 Å². The number of hydrogen-bond acceptors (Lipinski definition) is 2. The van der Waals surface area contributed by atoms with Crippen molar-refractivity contribution in [3.63, 3.8) is 0 Å². The average Bonchev–Trinajstić information content (AvgIpc) is 2.36. The van der Waals surface area contributed by atoms with Crippen molar-refractivity contribution in [3.8, 4) is 0 Å². The molecule has 4 heteroatoms. The van der Waals surface area contributed by atoms with Gasteiger partial charge in [-0.3, -0.25) is 4.79 Å². The number of hydrogen-bond donors (Lipinski definition) is 1. The summed E-state index contributed by atoms with van der Waals surface area (Å²) in [6.45, 7) is 3.98. The van der Waals surface area contributed by atoms with Crippen molar-refractivity contribution in [2.24, 2.45) is 0 Å². The molecule has 0 aliphatic heterocycles. The molecule has 100 valence electrons. The molecule has 0 bridgehead atoms. The molecule has 0 saturated heterocycles. The van der Waals surface area contributed by atoms with Crippen LogP contribution >= 0.6 is 11.6 Å². The van der Waals surface area contributed by atoms with Crippen molar-refractivity contribution in [1.29, 1.82) is 0 Å². The second-order valence-electron chi connectivity index (χ2n) is 4.43. The third kappa shape index (κ3) is 5.52. The first kappa shape index (κ1) is 15.0. The molecule has 0 spiro atoms. The lowest BCUT2D eigenvalue weighted by molar-refractivity contribution is -0.116. The van der Waals surface area contributed by atoms with Crippen LogP contribution in [0.5, 0.6) is 0 Å². The molecule has 18 heavy (non-hydrogen) atoms. The molecule has 1 N–H and O–H groups in total. The molecular weight excluding hydrogens is 248 g/mol. The quantitative estimate of drug-likeness (QED) is 0.822. The molecule has 0 heterocycles. The minimum Gasteiger partial charge on any atom is -0.325 e. The van der Waals surface area contributed by atoms with Crippen LogP contribution in [0.3, 0.4) is 0 Å². The summed E-state index contributed by atoms with van der Waals surface area (Å²) in [6, 6.07) is 7.27. The normalized spacial score (nSPS) is 10.7. The second-order valence-corrected chi connectivity index (χ2v) is 4.84. The summed E-state index contributed by atoms with van der Waals surface area (Å²) in [6.07, 6.45) is 2.84. The lowest BCUT2D eigenvalue weighted by Gasteiger charge is -2.15. The average molecular weight is 269 g/mol. The van der Waals surface area contributed by atoms with Crippen LogP contribution in [0.1, 0.15) is 26.2 Å². The molecule has 1 aromatic carbocycles. The molecule has 1 aromatic rings. The highest BCUT2D eigenvalue weighted by molar-refractivity contribution is 6.33. The number of carbonyl (C=O) groups excluding carboxylic acids is 1. The Morgan fingerprint density at radius 2 is 2.06 bits per heavy atom. The number of anilines is 1. The maximum absolute atomic E-state index is 11.7. The molecule has 1 amide bonds. The van der Waals surface area contributed by atoms with Gasteiger partial charge >= 0.3 is 0 Å². The van der Waals surface area contributed by atoms with E-state index in [0.29, 0.717) is 17.1 Å². The predicted molar refractivity (Wildman–Crippen MR) is 77.1 cm³/mol. The molecule has 0 unspecified atom stereocenters. The molecule has 0 aromatic heterocycles. The molecule has 3 nitrogen and oxygen atoms in total. The fraction of sp³-hybridized carbons (Fsp3) is 0.500. The van der Waals surface area contributed by atoms with Gasteiger partial charge in [0.1, 0.15) is 0 Å². The summed E-state index contributed by atoms with van der Waals surface area (Å²) in [5.41, 5.74) is 0.681. The zero-order chi connectivity index (χ0) is 13.4. The lowest BCUT2D eigenvalue weighted by Crippen LogP contribution is -2.25. The van der Waals surface area contributed by atoms with E-state index < -0.39 is 0 Å². The molecule has 0 aliphatic rings. The van der Waals surface area contributed by atoms with Crippen LogP contribution in [0.25, 0.3) is 0 Å². The second kappa shape index (κ2) is 8.11. The predicted octanol–water partition coefficient (Wildman–Crippen LogP) is 3.40. The van der Waals surface area contributed by atoms with Gasteiger partial charge in [-0.25, -0.2) is 0 Å². The molecule has 0 radical (unpaired) electrons. The van der Waals surface area contributed by atoms with Gasteiger partial charge in [0.2, 0.25) is 5.91 Å². The Morgan fingerprint density at radius 1 is 1.33 bits per heavy atom. The number of para-hydroxylation sites is 1. The molecule has 0 aliphatic carbocycles. The zero-order valence-corrected chi connectivity index (χ0v) is 11.8. The number of rotatable bonds is 7.